The fourth-order valence-corrected chi connectivity index (χ4v) is 4.96. The van der Waals surface area contributed by atoms with E-state index in [0.717, 1.165) is 24.2 Å². The topological polar surface area (TPSA) is 112 Å². The molecule has 0 spiro atoms. The molecule has 40 heavy (non-hydrogen) atoms. The molecule has 3 rings (SSSR count). The molecule has 0 radical (unpaired) electrons. The van der Waals surface area contributed by atoms with Crippen LogP contribution in [0.5, 0.6) is 5.75 Å². The molecule has 0 aliphatic carbocycles. The number of ether oxygens (including phenoxy) is 1. The number of halogens is 1. The number of carbonyl (C=O) groups is 2. The quantitative estimate of drug-likeness (QED) is 0.387. The van der Waals surface area contributed by atoms with Gasteiger partial charge in [-0.15, -0.1) is 0 Å². The zero-order valence-corrected chi connectivity index (χ0v) is 24.1. The van der Waals surface area contributed by atoms with Crippen molar-refractivity contribution < 1.29 is 23.8 Å². The van der Waals surface area contributed by atoms with E-state index in [0.29, 0.717) is 31.7 Å². The van der Waals surface area contributed by atoms with Gasteiger partial charge in [0, 0.05) is 13.1 Å². The minimum atomic E-state index is -0.942. The fraction of sp³-hybridized carbons (Fsp3) is 0.548. The standard InChI is InChI=1S/C31H45FN4O4/c1-5-9-25-29(37)34-19-21(4)16-23-11-6-7-13-27(23)40-15-14-33-26(18-22-10-8-12-24(32)17-22)30(38)36-28(20(2)3)31(39)35-25/h6-8,10-13,17,20-21,25-26,28-29,33-34,37H,5,9,14-16,18-19H2,1-4H3,(H,35,39)(H,36,38)/t21-,25-,26+,28+,29?/m0/s1. The van der Waals surface area contributed by atoms with Gasteiger partial charge in [0.15, 0.2) is 0 Å². The predicted octanol–water partition coefficient (Wildman–Crippen LogP) is 2.93. The van der Waals surface area contributed by atoms with Gasteiger partial charge in [0.25, 0.3) is 0 Å². The lowest BCUT2D eigenvalue weighted by atomic mass is 9.99. The molecule has 5 N–H and O–H groups in total. The predicted molar refractivity (Wildman–Crippen MR) is 154 cm³/mol. The molecule has 0 aromatic heterocycles. The monoisotopic (exact) mass is 556 g/mol. The third kappa shape index (κ3) is 9.57. The molecule has 2 aromatic carbocycles. The molecular formula is C31H45FN4O4. The van der Waals surface area contributed by atoms with Crippen LogP contribution in [0, 0.1) is 17.7 Å². The van der Waals surface area contributed by atoms with Crippen molar-refractivity contribution in [1.82, 2.24) is 21.3 Å². The van der Waals surface area contributed by atoms with Gasteiger partial charge in [-0.05, 0) is 60.4 Å². The van der Waals surface area contributed by atoms with E-state index in [-0.39, 0.29) is 35.9 Å². The van der Waals surface area contributed by atoms with Gasteiger partial charge in [-0.25, -0.2) is 4.39 Å². The van der Waals surface area contributed by atoms with Crippen molar-refractivity contribution in [3.63, 3.8) is 0 Å². The number of hydrogen-bond donors (Lipinski definition) is 5. The Hall–Kier alpha value is -3.01. The summed E-state index contributed by atoms with van der Waals surface area (Å²) in [4.78, 5) is 26.9. The lowest BCUT2D eigenvalue weighted by Gasteiger charge is -2.30. The highest BCUT2D eigenvalue weighted by Crippen LogP contribution is 2.21. The highest BCUT2D eigenvalue weighted by atomic mass is 19.1. The lowest BCUT2D eigenvalue weighted by Crippen LogP contribution is -2.59. The maximum Gasteiger partial charge on any atom is 0.243 e. The summed E-state index contributed by atoms with van der Waals surface area (Å²) >= 11 is 0. The van der Waals surface area contributed by atoms with E-state index in [1.807, 2.05) is 45.0 Å². The summed E-state index contributed by atoms with van der Waals surface area (Å²) in [5, 5.41) is 23.3. The van der Waals surface area contributed by atoms with Crippen molar-refractivity contribution in [2.75, 3.05) is 19.7 Å². The number of aliphatic hydroxyl groups excluding tert-OH is 1. The Balaban J connectivity index is 1.88. The molecule has 2 amide bonds. The molecule has 1 heterocycles. The SMILES string of the molecule is CCC[C@@H]1NC(=O)[C@@H](C(C)C)NC(=O)[C@@H](Cc2cccc(F)c2)NCCOc2ccccc2C[C@H](C)CNC1O. The van der Waals surface area contributed by atoms with E-state index in [9.17, 15) is 19.1 Å². The van der Waals surface area contributed by atoms with E-state index in [2.05, 4.69) is 28.2 Å². The molecule has 2 aromatic rings. The van der Waals surface area contributed by atoms with Crippen LogP contribution in [-0.2, 0) is 22.4 Å². The molecule has 9 heteroatoms. The molecular weight excluding hydrogens is 511 g/mol. The van der Waals surface area contributed by atoms with E-state index >= 15 is 0 Å². The first kappa shape index (κ1) is 31.5. The second-order valence-electron chi connectivity index (χ2n) is 11.1. The zero-order valence-electron chi connectivity index (χ0n) is 24.1. The third-order valence-electron chi connectivity index (χ3n) is 7.17. The molecule has 220 valence electrons. The van der Waals surface area contributed by atoms with Crippen LogP contribution in [0.3, 0.4) is 0 Å². The molecule has 1 aliphatic rings. The first-order valence-corrected chi connectivity index (χ1v) is 14.4. The number of hydrogen-bond acceptors (Lipinski definition) is 6. The Morgan fingerprint density at radius 3 is 2.55 bits per heavy atom. The van der Waals surface area contributed by atoms with Crippen molar-refractivity contribution in [3.05, 3.63) is 65.5 Å². The first-order chi connectivity index (χ1) is 19.2. The van der Waals surface area contributed by atoms with Gasteiger partial charge in [0.1, 0.15) is 30.4 Å². The van der Waals surface area contributed by atoms with Gasteiger partial charge in [0.05, 0.1) is 12.1 Å². The smallest absolute Gasteiger partial charge is 0.243 e. The van der Waals surface area contributed by atoms with E-state index < -0.39 is 24.4 Å². The summed E-state index contributed by atoms with van der Waals surface area (Å²) in [5.74, 6) is -0.303. The lowest BCUT2D eigenvalue weighted by molar-refractivity contribution is -0.132. The summed E-state index contributed by atoms with van der Waals surface area (Å²) in [6.45, 7) is 9.08. The number of carbonyl (C=O) groups excluding carboxylic acids is 2. The van der Waals surface area contributed by atoms with Crippen LogP contribution >= 0.6 is 0 Å². The summed E-state index contributed by atoms with van der Waals surface area (Å²) in [6, 6.07) is 12.0. The molecule has 0 fully saturated rings. The second-order valence-corrected chi connectivity index (χ2v) is 11.1. The van der Waals surface area contributed by atoms with Gasteiger partial charge in [-0.1, -0.05) is 64.4 Å². The normalized spacial score (nSPS) is 25.6. The average molecular weight is 557 g/mol. The Bertz CT molecular complexity index is 1100. The van der Waals surface area contributed by atoms with Gasteiger partial charge >= 0.3 is 0 Å². The largest absolute Gasteiger partial charge is 0.492 e. The van der Waals surface area contributed by atoms with Crippen LogP contribution in [0.4, 0.5) is 4.39 Å². The van der Waals surface area contributed by atoms with Crippen LogP contribution in [-0.4, -0.2) is 61.0 Å². The second kappa shape index (κ2) is 15.7. The molecule has 0 bridgehead atoms. The number of para-hydroxylation sites is 1. The third-order valence-corrected chi connectivity index (χ3v) is 7.17. The zero-order chi connectivity index (χ0) is 29.1. The molecule has 1 unspecified atom stereocenters. The summed E-state index contributed by atoms with van der Waals surface area (Å²) in [6.07, 6.45) is 1.39. The van der Waals surface area contributed by atoms with Crippen molar-refractivity contribution in [2.45, 2.75) is 77.7 Å². The van der Waals surface area contributed by atoms with Crippen molar-refractivity contribution >= 4 is 11.8 Å². The number of fused-ring (bicyclic) bond motifs is 1. The van der Waals surface area contributed by atoms with Crippen molar-refractivity contribution in [3.8, 4) is 5.75 Å². The van der Waals surface area contributed by atoms with Crippen LogP contribution in [0.2, 0.25) is 0 Å². The Labute approximate surface area is 237 Å². The van der Waals surface area contributed by atoms with Gasteiger partial charge in [-0.3, -0.25) is 14.9 Å². The molecule has 1 aliphatic heterocycles. The average Bonchev–Trinajstić information content (AvgIpc) is 2.91. The van der Waals surface area contributed by atoms with Crippen molar-refractivity contribution in [2.24, 2.45) is 11.8 Å². The highest BCUT2D eigenvalue weighted by molar-refractivity contribution is 5.90. The molecule has 8 nitrogen and oxygen atoms in total. The minimum absolute atomic E-state index is 0.198. The number of nitrogens with one attached hydrogen (secondary N) is 4. The van der Waals surface area contributed by atoms with Crippen molar-refractivity contribution in [1.29, 1.82) is 0 Å². The first-order valence-electron chi connectivity index (χ1n) is 14.4. The molecule has 0 saturated heterocycles. The highest BCUT2D eigenvalue weighted by Gasteiger charge is 2.31. The van der Waals surface area contributed by atoms with Crippen LogP contribution in [0.15, 0.2) is 48.5 Å². The van der Waals surface area contributed by atoms with E-state index in [1.165, 1.54) is 12.1 Å². The summed E-state index contributed by atoms with van der Waals surface area (Å²) < 4.78 is 20.0. The molecule has 5 atom stereocenters. The van der Waals surface area contributed by atoms with Gasteiger partial charge in [0.2, 0.25) is 11.8 Å². The summed E-state index contributed by atoms with van der Waals surface area (Å²) in [7, 11) is 0. The van der Waals surface area contributed by atoms with Crippen LogP contribution < -0.4 is 26.0 Å². The number of amides is 2. The van der Waals surface area contributed by atoms with Crippen LogP contribution in [0.25, 0.3) is 0 Å². The fourth-order valence-electron chi connectivity index (χ4n) is 4.96. The van der Waals surface area contributed by atoms with E-state index in [1.54, 1.807) is 12.1 Å². The van der Waals surface area contributed by atoms with Gasteiger partial charge in [-0.2, -0.15) is 0 Å². The van der Waals surface area contributed by atoms with Gasteiger partial charge < -0.3 is 25.8 Å². The number of aliphatic hydroxyl groups is 1. The Morgan fingerprint density at radius 2 is 1.82 bits per heavy atom. The number of benzene rings is 2. The minimum Gasteiger partial charge on any atom is -0.492 e. The summed E-state index contributed by atoms with van der Waals surface area (Å²) in [5.41, 5.74) is 1.72. The maximum absolute atomic E-state index is 13.9. The number of rotatable bonds is 5. The maximum atomic E-state index is 13.9. The Kier molecular flexibility index (Phi) is 12.4. The molecule has 0 saturated carbocycles. The Morgan fingerprint density at radius 1 is 1.05 bits per heavy atom. The van der Waals surface area contributed by atoms with Crippen LogP contribution in [0.1, 0.15) is 51.7 Å². The van der Waals surface area contributed by atoms with E-state index in [4.69, 9.17) is 4.74 Å².